The van der Waals surface area contributed by atoms with Gasteiger partial charge in [-0.1, -0.05) is 6.92 Å². The van der Waals surface area contributed by atoms with Crippen molar-refractivity contribution >= 4 is 39.3 Å². The smallest absolute Gasteiger partial charge is 0.337 e. The maximum absolute atomic E-state index is 12.6. The Balaban J connectivity index is 1.82. The van der Waals surface area contributed by atoms with Crippen LogP contribution in [-0.4, -0.2) is 45.6 Å². The van der Waals surface area contributed by atoms with Crippen molar-refractivity contribution in [2.24, 2.45) is 0 Å². The number of rotatable bonds is 9. The van der Waals surface area contributed by atoms with Crippen LogP contribution in [0.2, 0.25) is 0 Å². The van der Waals surface area contributed by atoms with Gasteiger partial charge in [0.2, 0.25) is 5.71 Å². The van der Waals surface area contributed by atoms with Crippen LogP contribution in [0.3, 0.4) is 0 Å². The summed E-state index contributed by atoms with van der Waals surface area (Å²) < 4.78 is 29.1. The topological polar surface area (TPSA) is 119 Å². The third-order valence-corrected chi connectivity index (χ3v) is 6.72. The predicted molar refractivity (Wildman–Crippen MR) is 122 cm³/mol. The molecule has 10 heteroatoms. The molecule has 0 aliphatic heterocycles. The average Bonchev–Trinajstić information content (AvgIpc) is 3.43. The molecule has 31 heavy (non-hydrogen) atoms. The first-order valence-corrected chi connectivity index (χ1v) is 11.9. The molecule has 4 aromatic rings. The molecular formula is C21H22N4O4S2. The van der Waals surface area contributed by atoms with Gasteiger partial charge in [0, 0.05) is 35.4 Å². The Hall–Kier alpha value is -2.66. The van der Waals surface area contributed by atoms with E-state index < -0.39 is 11.2 Å². The third-order valence-electron chi connectivity index (χ3n) is 4.46. The van der Waals surface area contributed by atoms with Crippen LogP contribution >= 0.6 is 11.3 Å². The summed E-state index contributed by atoms with van der Waals surface area (Å²) in [6.45, 7) is 2.93. The zero-order valence-corrected chi connectivity index (χ0v) is 18.8. The van der Waals surface area contributed by atoms with Crippen molar-refractivity contribution in [1.29, 1.82) is 0 Å². The molecule has 4 rings (SSSR count). The molecule has 0 radical (unpaired) electrons. The highest BCUT2D eigenvalue weighted by molar-refractivity contribution is 7.91. The first-order chi connectivity index (χ1) is 15.1. The van der Waals surface area contributed by atoms with Gasteiger partial charge >= 0.3 is 5.09 Å². The number of nitrogen functional groups attached to an aromatic ring is 1. The molecule has 0 spiro atoms. The molecule has 0 fully saturated rings. The minimum Gasteiger partial charge on any atom is -0.609 e. The fourth-order valence-electron chi connectivity index (χ4n) is 3.04. The van der Waals surface area contributed by atoms with Crippen LogP contribution in [0.5, 0.6) is 5.75 Å². The quantitative estimate of drug-likeness (QED) is 0.294. The molecule has 162 valence electrons. The highest BCUT2D eigenvalue weighted by Gasteiger charge is 2.27. The number of hydrogen-bond acceptors (Lipinski definition) is 9. The Kier molecular flexibility index (Phi) is 6.71. The molecule has 1 unspecified atom stereocenters. The maximum Gasteiger partial charge on any atom is 0.337 e. The first-order valence-electron chi connectivity index (χ1n) is 9.72. The van der Waals surface area contributed by atoms with E-state index in [4.69, 9.17) is 24.6 Å². The summed E-state index contributed by atoms with van der Waals surface area (Å²) >= 11 is 0.0782. The Bertz CT molecular complexity index is 1150. The summed E-state index contributed by atoms with van der Waals surface area (Å²) in [6, 6.07) is 7.50. The molecule has 0 bridgehead atoms. The second-order valence-electron chi connectivity index (χ2n) is 6.63. The van der Waals surface area contributed by atoms with E-state index in [-0.39, 0.29) is 5.09 Å². The van der Waals surface area contributed by atoms with Crippen LogP contribution in [-0.2, 0) is 15.9 Å². The third kappa shape index (κ3) is 4.52. The van der Waals surface area contributed by atoms with E-state index in [0.717, 1.165) is 17.7 Å². The summed E-state index contributed by atoms with van der Waals surface area (Å²) in [7, 11) is 1.63. The van der Waals surface area contributed by atoms with Gasteiger partial charge in [0.25, 0.3) is 0 Å². The largest absolute Gasteiger partial charge is 0.609 e. The minimum atomic E-state index is -1.35. The van der Waals surface area contributed by atoms with Gasteiger partial charge in [-0.25, -0.2) is 9.97 Å². The van der Waals surface area contributed by atoms with Gasteiger partial charge in [-0.05, 0) is 30.7 Å². The number of fused-ring (bicyclic) bond motifs is 1. The first kappa shape index (κ1) is 21.6. The zero-order chi connectivity index (χ0) is 21.8. The van der Waals surface area contributed by atoms with Crippen LogP contribution < -0.4 is 10.5 Å². The van der Waals surface area contributed by atoms with E-state index in [1.54, 1.807) is 13.3 Å². The Morgan fingerprint density at radius 1 is 1.19 bits per heavy atom. The average molecular weight is 459 g/mol. The lowest BCUT2D eigenvalue weighted by Crippen LogP contribution is -2.07. The number of ether oxygens (including phenoxy) is 2. The molecule has 0 amide bonds. The van der Waals surface area contributed by atoms with Crippen molar-refractivity contribution in [3.8, 4) is 27.8 Å². The number of nitrogens with zero attached hydrogens (tertiary/aromatic N) is 3. The van der Waals surface area contributed by atoms with Gasteiger partial charge in [-0.15, -0.1) is 11.3 Å². The van der Waals surface area contributed by atoms with E-state index in [1.807, 2.05) is 36.6 Å². The lowest BCUT2D eigenvalue weighted by atomic mass is 10.1. The number of nitrogens with two attached hydrogens (primary N) is 1. The van der Waals surface area contributed by atoms with Crippen LogP contribution in [0.4, 0.5) is 5.69 Å². The number of furan rings is 1. The number of anilines is 1. The minimum absolute atomic E-state index is 0.239. The fourth-order valence-corrected chi connectivity index (χ4v) is 4.68. The molecule has 3 heterocycles. The van der Waals surface area contributed by atoms with Crippen molar-refractivity contribution in [3.63, 3.8) is 0 Å². The summed E-state index contributed by atoms with van der Waals surface area (Å²) in [6.07, 6.45) is 2.44. The summed E-state index contributed by atoms with van der Waals surface area (Å²) in [5.74, 6) is 1.61. The second-order valence-corrected chi connectivity index (χ2v) is 9.00. The Labute approximate surface area is 186 Å². The summed E-state index contributed by atoms with van der Waals surface area (Å²) in [4.78, 5) is 13.6. The molecule has 2 N–H and O–H groups in total. The Morgan fingerprint density at radius 3 is 2.68 bits per heavy atom. The van der Waals surface area contributed by atoms with Crippen molar-refractivity contribution in [1.82, 2.24) is 15.0 Å². The van der Waals surface area contributed by atoms with Crippen LogP contribution in [0, 0.1) is 0 Å². The van der Waals surface area contributed by atoms with Crippen molar-refractivity contribution in [2.45, 2.75) is 18.4 Å². The predicted octanol–water partition coefficient (Wildman–Crippen LogP) is 4.14. The molecule has 0 aliphatic carbocycles. The normalized spacial score (nSPS) is 12.4. The second kappa shape index (κ2) is 9.65. The van der Waals surface area contributed by atoms with E-state index in [1.165, 1.54) is 11.3 Å². The van der Waals surface area contributed by atoms with Crippen LogP contribution in [0.15, 0.2) is 45.4 Å². The van der Waals surface area contributed by atoms with Crippen LogP contribution in [0.25, 0.3) is 33.2 Å². The molecule has 0 aliphatic rings. The fraction of sp³-hybridized carbons (Fsp3) is 0.286. The molecule has 1 atom stereocenters. The monoisotopic (exact) mass is 458 g/mol. The number of benzene rings is 1. The number of thiazole rings is 1. The van der Waals surface area contributed by atoms with E-state index in [2.05, 4.69) is 9.97 Å². The number of hydrogen-bond donors (Lipinski definition) is 1. The van der Waals surface area contributed by atoms with E-state index in [0.29, 0.717) is 52.3 Å². The van der Waals surface area contributed by atoms with Crippen molar-refractivity contribution < 1.29 is 18.4 Å². The molecule has 3 aromatic heterocycles. The number of aromatic nitrogens is 3. The lowest BCUT2D eigenvalue weighted by molar-refractivity contribution is 0.146. The number of methoxy groups -OCH3 is 1. The highest BCUT2D eigenvalue weighted by atomic mass is 32.2. The van der Waals surface area contributed by atoms with Crippen LogP contribution in [0.1, 0.15) is 13.3 Å². The molecule has 0 saturated heterocycles. The SMILES string of the molecule is CCC[S+]([O-])c1oc2nc(-c3nccs3)nc(-c3ccc(OCCOC)cc3)c2c1N. The lowest BCUT2D eigenvalue weighted by Gasteiger charge is -2.08. The summed E-state index contributed by atoms with van der Waals surface area (Å²) in [5.41, 5.74) is 8.38. The summed E-state index contributed by atoms with van der Waals surface area (Å²) in [5, 5.41) is 3.30. The standard InChI is InChI=1S/C21H22N4O4S2/c1-3-12-31(26)21-16(22)15-17(13-4-6-14(7-5-13)28-10-9-27-2)24-18(25-19(15)29-21)20-23-8-11-30-20/h4-8,11H,3,9-10,12,22H2,1-2H3. The van der Waals surface area contributed by atoms with E-state index >= 15 is 0 Å². The molecule has 8 nitrogen and oxygen atoms in total. The van der Waals surface area contributed by atoms with Gasteiger partial charge in [-0.3, -0.25) is 0 Å². The molecule has 0 saturated carbocycles. The van der Waals surface area contributed by atoms with Gasteiger partial charge in [0.15, 0.2) is 10.8 Å². The van der Waals surface area contributed by atoms with Gasteiger partial charge in [0.1, 0.15) is 23.8 Å². The molecule has 1 aromatic carbocycles. The Morgan fingerprint density at radius 2 is 2.00 bits per heavy atom. The maximum atomic E-state index is 12.6. The molecular weight excluding hydrogens is 436 g/mol. The van der Waals surface area contributed by atoms with E-state index in [9.17, 15) is 4.55 Å². The van der Waals surface area contributed by atoms with Gasteiger partial charge in [0.05, 0.1) is 17.7 Å². The zero-order valence-electron chi connectivity index (χ0n) is 17.2. The highest BCUT2D eigenvalue weighted by Crippen LogP contribution is 2.39. The van der Waals surface area contributed by atoms with Crippen molar-refractivity contribution in [3.05, 3.63) is 35.8 Å². The van der Waals surface area contributed by atoms with Gasteiger partial charge in [-0.2, -0.15) is 4.98 Å². The van der Waals surface area contributed by atoms with Gasteiger partial charge < -0.3 is 24.2 Å². The van der Waals surface area contributed by atoms with Crippen molar-refractivity contribution in [2.75, 3.05) is 31.8 Å².